The number of piperidine rings is 1. The number of carbonyl (C=O) groups is 2. The van der Waals surface area contributed by atoms with E-state index in [2.05, 4.69) is 6.92 Å². The molecule has 0 spiro atoms. The number of hydrogen-bond donors (Lipinski definition) is 0. The van der Waals surface area contributed by atoms with Crippen LogP contribution in [0.25, 0.3) is 5.57 Å². The predicted octanol–water partition coefficient (Wildman–Crippen LogP) is 3.84. The number of likely N-dealkylation sites (tertiary alicyclic amines) is 1. The summed E-state index contributed by atoms with van der Waals surface area (Å²) in [4.78, 5) is 29.7. The Kier molecular flexibility index (Phi) is 4.52. The van der Waals surface area contributed by atoms with Crippen molar-refractivity contribution < 1.29 is 14.0 Å². The molecule has 2 aromatic rings. The van der Waals surface area contributed by atoms with Gasteiger partial charge in [-0.05, 0) is 42.5 Å². The van der Waals surface area contributed by atoms with Crippen LogP contribution in [-0.4, -0.2) is 29.8 Å². The number of amides is 2. The fraction of sp³-hybridized carbons (Fsp3) is 0.273. The van der Waals surface area contributed by atoms with Crippen LogP contribution in [0.4, 0.5) is 10.1 Å². The van der Waals surface area contributed by atoms with Gasteiger partial charge in [-0.3, -0.25) is 9.59 Å². The lowest BCUT2D eigenvalue weighted by atomic mass is 9.98. The fourth-order valence-electron chi connectivity index (χ4n) is 3.92. The second-order valence-electron chi connectivity index (χ2n) is 7.21. The summed E-state index contributed by atoms with van der Waals surface area (Å²) >= 11 is 0. The Bertz CT molecular complexity index is 923. The van der Waals surface area contributed by atoms with E-state index in [-0.39, 0.29) is 11.6 Å². The standard InChI is InChI=1S/C22H21FN2O2/c1-15-7-6-12-24(14-15)20-19(16-8-3-2-4-9-16)21(26)25(22(20)27)18-11-5-10-17(23)13-18/h2-5,8-11,13,15H,6-7,12,14H2,1H3. The molecule has 1 unspecified atom stereocenters. The van der Waals surface area contributed by atoms with E-state index < -0.39 is 11.7 Å². The highest BCUT2D eigenvalue weighted by Crippen LogP contribution is 2.36. The van der Waals surface area contributed by atoms with Gasteiger partial charge in [-0.15, -0.1) is 0 Å². The van der Waals surface area contributed by atoms with Crippen molar-refractivity contribution in [3.63, 3.8) is 0 Å². The molecule has 0 N–H and O–H groups in total. The Hall–Kier alpha value is -2.95. The van der Waals surface area contributed by atoms with Gasteiger partial charge in [0.25, 0.3) is 11.8 Å². The molecule has 2 aromatic carbocycles. The maximum absolute atomic E-state index is 13.7. The normalized spacial score (nSPS) is 20.6. The first kappa shape index (κ1) is 17.5. The number of nitrogens with zero attached hydrogens (tertiary/aromatic N) is 2. The molecule has 2 aliphatic rings. The molecule has 2 amide bonds. The van der Waals surface area contributed by atoms with E-state index in [0.717, 1.165) is 30.8 Å². The first-order chi connectivity index (χ1) is 13.1. The zero-order valence-corrected chi connectivity index (χ0v) is 15.2. The fourth-order valence-corrected chi connectivity index (χ4v) is 3.92. The smallest absolute Gasteiger partial charge is 0.282 e. The molecule has 0 bridgehead atoms. The van der Waals surface area contributed by atoms with Gasteiger partial charge in [0.05, 0.1) is 11.3 Å². The predicted molar refractivity (Wildman–Crippen MR) is 102 cm³/mol. The molecule has 0 saturated carbocycles. The van der Waals surface area contributed by atoms with E-state index in [1.807, 2.05) is 35.2 Å². The van der Waals surface area contributed by atoms with Crippen molar-refractivity contribution in [2.75, 3.05) is 18.0 Å². The van der Waals surface area contributed by atoms with Crippen LogP contribution in [-0.2, 0) is 9.59 Å². The van der Waals surface area contributed by atoms with Crippen molar-refractivity contribution in [1.82, 2.24) is 4.90 Å². The first-order valence-electron chi connectivity index (χ1n) is 9.25. The molecule has 1 fully saturated rings. The average molecular weight is 364 g/mol. The SMILES string of the molecule is CC1CCCN(C2=C(c3ccccc3)C(=O)N(c3cccc(F)c3)C2=O)C1. The van der Waals surface area contributed by atoms with Crippen molar-refractivity contribution in [3.05, 3.63) is 71.7 Å². The Balaban J connectivity index is 1.83. The summed E-state index contributed by atoms with van der Waals surface area (Å²) in [6.07, 6.45) is 2.09. The summed E-state index contributed by atoms with van der Waals surface area (Å²) in [5.74, 6) is -0.799. The third-order valence-electron chi connectivity index (χ3n) is 5.16. The van der Waals surface area contributed by atoms with Crippen LogP contribution < -0.4 is 4.90 Å². The third-order valence-corrected chi connectivity index (χ3v) is 5.16. The largest absolute Gasteiger partial charge is 0.366 e. The number of halogens is 1. The molecule has 4 rings (SSSR count). The Morgan fingerprint density at radius 1 is 1.00 bits per heavy atom. The Labute approximate surface area is 157 Å². The molecule has 2 aliphatic heterocycles. The van der Waals surface area contributed by atoms with E-state index in [0.29, 0.717) is 22.8 Å². The van der Waals surface area contributed by atoms with Crippen molar-refractivity contribution >= 4 is 23.1 Å². The van der Waals surface area contributed by atoms with Gasteiger partial charge in [0.2, 0.25) is 0 Å². The topological polar surface area (TPSA) is 40.6 Å². The molecule has 4 nitrogen and oxygen atoms in total. The summed E-state index contributed by atoms with van der Waals surface area (Å²) in [5, 5.41) is 0. The van der Waals surface area contributed by atoms with E-state index >= 15 is 0 Å². The number of benzene rings is 2. The van der Waals surface area contributed by atoms with Gasteiger partial charge in [-0.1, -0.05) is 43.3 Å². The van der Waals surface area contributed by atoms with Gasteiger partial charge in [0.15, 0.2) is 0 Å². The molecular weight excluding hydrogens is 343 g/mol. The van der Waals surface area contributed by atoms with Gasteiger partial charge < -0.3 is 4.90 Å². The lowest BCUT2D eigenvalue weighted by Crippen LogP contribution is -2.39. The minimum Gasteiger partial charge on any atom is -0.366 e. The summed E-state index contributed by atoms with van der Waals surface area (Å²) in [7, 11) is 0. The average Bonchev–Trinajstić information content (AvgIpc) is 2.93. The summed E-state index contributed by atoms with van der Waals surface area (Å²) in [6, 6.07) is 14.9. The van der Waals surface area contributed by atoms with Crippen molar-refractivity contribution in [3.8, 4) is 0 Å². The van der Waals surface area contributed by atoms with E-state index in [9.17, 15) is 14.0 Å². The highest BCUT2D eigenvalue weighted by Gasteiger charge is 2.43. The summed E-state index contributed by atoms with van der Waals surface area (Å²) in [6.45, 7) is 3.63. The van der Waals surface area contributed by atoms with Crippen molar-refractivity contribution in [2.45, 2.75) is 19.8 Å². The number of imide groups is 1. The molecule has 27 heavy (non-hydrogen) atoms. The van der Waals surface area contributed by atoms with Gasteiger partial charge in [-0.25, -0.2) is 9.29 Å². The van der Waals surface area contributed by atoms with E-state index in [1.165, 1.54) is 18.2 Å². The van der Waals surface area contributed by atoms with E-state index in [1.54, 1.807) is 6.07 Å². The van der Waals surface area contributed by atoms with Gasteiger partial charge in [-0.2, -0.15) is 0 Å². The van der Waals surface area contributed by atoms with Crippen LogP contribution in [0.5, 0.6) is 0 Å². The van der Waals surface area contributed by atoms with Crippen LogP contribution >= 0.6 is 0 Å². The molecule has 1 atom stereocenters. The van der Waals surface area contributed by atoms with Gasteiger partial charge >= 0.3 is 0 Å². The van der Waals surface area contributed by atoms with Crippen LogP contribution in [0.15, 0.2) is 60.3 Å². The summed E-state index contributed by atoms with van der Waals surface area (Å²) in [5.41, 5.74) is 1.81. The van der Waals surface area contributed by atoms with Gasteiger partial charge in [0, 0.05) is 13.1 Å². The third kappa shape index (κ3) is 3.14. The Morgan fingerprint density at radius 2 is 1.78 bits per heavy atom. The van der Waals surface area contributed by atoms with E-state index in [4.69, 9.17) is 0 Å². The maximum Gasteiger partial charge on any atom is 0.282 e. The second kappa shape index (κ2) is 6.99. The van der Waals surface area contributed by atoms with Crippen molar-refractivity contribution in [1.29, 1.82) is 0 Å². The highest BCUT2D eigenvalue weighted by atomic mass is 19.1. The molecule has 1 saturated heterocycles. The lowest BCUT2D eigenvalue weighted by molar-refractivity contribution is -0.120. The zero-order valence-electron chi connectivity index (χ0n) is 15.2. The molecule has 2 heterocycles. The van der Waals surface area contributed by atoms with Crippen LogP contribution in [0, 0.1) is 11.7 Å². The molecule has 0 aromatic heterocycles. The number of hydrogen-bond acceptors (Lipinski definition) is 3. The number of anilines is 1. The molecule has 0 aliphatic carbocycles. The lowest BCUT2D eigenvalue weighted by Gasteiger charge is -2.33. The number of carbonyl (C=O) groups excluding carboxylic acids is 2. The molecule has 138 valence electrons. The first-order valence-corrected chi connectivity index (χ1v) is 9.25. The highest BCUT2D eigenvalue weighted by molar-refractivity contribution is 6.45. The minimum absolute atomic E-state index is 0.262. The minimum atomic E-state index is -0.477. The van der Waals surface area contributed by atoms with Gasteiger partial charge in [0.1, 0.15) is 11.5 Å². The molecule has 0 radical (unpaired) electrons. The monoisotopic (exact) mass is 364 g/mol. The number of rotatable bonds is 3. The quantitative estimate of drug-likeness (QED) is 0.777. The maximum atomic E-state index is 13.7. The van der Waals surface area contributed by atoms with Crippen LogP contribution in [0.2, 0.25) is 0 Å². The molecular formula is C22H21FN2O2. The van der Waals surface area contributed by atoms with Crippen molar-refractivity contribution in [2.24, 2.45) is 5.92 Å². The molecule has 5 heteroatoms. The Morgan fingerprint density at radius 3 is 2.48 bits per heavy atom. The van der Waals surface area contributed by atoms with Crippen LogP contribution in [0.3, 0.4) is 0 Å². The van der Waals surface area contributed by atoms with Crippen LogP contribution in [0.1, 0.15) is 25.3 Å². The second-order valence-corrected chi connectivity index (χ2v) is 7.21. The summed E-state index contributed by atoms with van der Waals surface area (Å²) < 4.78 is 13.7. The zero-order chi connectivity index (χ0) is 19.0.